The summed E-state index contributed by atoms with van der Waals surface area (Å²) in [5.41, 5.74) is -0.178. The Kier molecular flexibility index (Phi) is 3.80. The Morgan fingerprint density at radius 3 is 3.00 bits per heavy atom. The van der Waals surface area contributed by atoms with Gasteiger partial charge in [0.1, 0.15) is 5.69 Å². The number of nitrogens with one attached hydrogen (secondary N) is 1. The highest BCUT2D eigenvalue weighted by Gasteiger charge is 2.30. The first kappa shape index (κ1) is 13.5. The number of pyridine rings is 1. The molecule has 1 aromatic heterocycles. The van der Waals surface area contributed by atoms with Crippen molar-refractivity contribution < 1.29 is 19.4 Å². The molecule has 0 radical (unpaired) electrons. The van der Waals surface area contributed by atoms with E-state index in [0.717, 1.165) is 12.8 Å². The van der Waals surface area contributed by atoms with Gasteiger partial charge < -0.3 is 15.2 Å². The maximum atomic E-state index is 11.9. The van der Waals surface area contributed by atoms with Crippen LogP contribution in [-0.4, -0.2) is 40.7 Å². The lowest BCUT2D eigenvalue weighted by Crippen LogP contribution is -2.40. The predicted octanol–water partition coefficient (Wildman–Crippen LogP) is 1.08. The van der Waals surface area contributed by atoms with Crippen molar-refractivity contribution >= 4 is 11.9 Å². The third-order valence-corrected chi connectivity index (χ3v) is 3.16. The van der Waals surface area contributed by atoms with Gasteiger partial charge in [0, 0.05) is 24.9 Å². The van der Waals surface area contributed by atoms with Gasteiger partial charge in [0.15, 0.2) is 0 Å². The second-order valence-corrected chi connectivity index (χ2v) is 4.82. The predicted molar refractivity (Wildman–Crippen MR) is 67.1 cm³/mol. The lowest BCUT2D eigenvalue weighted by molar-refractivity contribution is 0.0206. The summed E-state index contributed by atoms with van der Waals surface area (Å²) >= 11 is 0. The molecule has 6 heteroatoms. The zero-order chi connectivity index (χ0) is 13.9. The lowest BCUT2D eigenvalue weighted by atomic mass is 10.0. The van der Waals surface area contributed by atoms with E-state index in [1.807, 2.05) is 6.92 Å². The quantitative estimate of drug-likeness (QED) is 0.849. The molecule has 0 bridgehead atoms. The zero-order valence-electron chi connectivity index (χ0n) is 10.7. The van der Waals surface area contributed by atoms with Crippen LogP contribution < -0.4 is 5.32 Å². The summed E-state index contributed by atoms with van der Waals surface area (Å²) in [5.74, 6) is -1.47. The fourth-order valence-corrected chi connectivity index (χ4v) is 2.03. The molecule has 1 unspecified atom stereocenters. The van der Waals surface area contributed by atoms with E-state index in [4.69, 9.17) is 9.84 Å². The van der Waals surface area contributed by atoms with Crippen molar-refractivity contribution in [3.8, 4) is 0 Å². The number of hydrogen-bond donors (Lipinski definition) is 2. The third-order valence-electron chi connectivity index (χ3n) is 3.16. The minimum Gasteiger partial charge on any atom is -0.477 e. The molecule has 1 aromatic rings. The van der Waals surface area contributed by atoms with Crippen LogP contribution >= 0.6 is 0 Å². The molecule has 102 valence electrons. The molecule has 0 saturated carbocycles. The minimum absolute atomic E-state index is 0.143. The van der Waals surface area contributed by atoms with Gasteiger partial charge in [0.2, 0.25) is 0 Å². The average molecular weight is 264 g/mol. The molecular formula is C13H16N2O4. The van der Waals surface area contributed by atoms with Gasteiger partial charge in [-0.05, 0) is 31.9 Å². The summed E-state index contributed by atoms with van der Waals surface area (Å²) in [6, 6.07) is 2.75. The first-order chi connectivity index (χ1) is 9.00. The first-order valence-electron chi connectivity index (χ1n) is 6.12. The first-order valence-corrected chi connectivity index (χ1v) is 6.12. The van der Waals surface area contributed by atoms with Gasteiger partial charge >= 0.3 is 5.97 Å². The van der Waals surface area contributed by atoms with Crippen molar-refractivity contribution in [2.24, 2.45) is 0 Å². The number of ether oxygens (including phenoxy) is 1. The minimum atomic E-state index is -1.15. The van der Waals surface area contributed by atoms with Crippen molar-refractivity contribution in [2.75, 3.05) is 13.2 Å². The molecule has 1 fully saturated rings. The summed E-state index contributed by atoms with van der Waals surface area (Å²) in [5, 5.41) is 11.6. The molecule has 0 aliphatic carbocycles. The Hall–Kier alpha value is -1.95. The number of carboxylic acids is 1. The molecule has 1 amide bonds. The second kappa shape index (κ2) is 5.36. The Labute approximate surface area is 110 Å². The Morgan fingerprint density at radius 1 is 1.58 bits per heavy atom. The Morgan fingerprint density at radius 2 is 2.37 bits per heavy atom. The number of hydrogen-bond acceptors (Lipinski definition) is 4. The van der Waals surface area contributed by atoms with Gasteiger partial charge in [0.05, 0.1) is 5.60 Å². The standard InChI is InChI=1S/C13H16N2O4/c1-13(4-2-6-19-13)8-15-11(16)9-3-5-14-10(7-9)12(17)18/h3,5,7H,2,4,6,8H2,1H3,(H,15,16)(H,17,18). The average Bonchev–Trinajstić information content (AvgIpc) is 2.83. The SMILES string of the molecule is CC1(CNC(=O)c2ccnc(C(=O)O)c2)CCCO1. The smallest absolute Gasteiger partial charge is 0.354 e. The molecule has 6 nitrogen and oxygen atoms in total. The number of aromatic nitrogens is 1. The van der Waals surface area contributed by atoms with E-state index < -0.39 is 5.97 Å². The van der Waals surface area contributed by atoms with Crippen molar-refractivity contribution in [1.29, 1.82) is 0 Å². The molecule has 2 N–H and O–H groups in total. The van der Waals surface area contributed by atoms with E-state index in [9.17, 15) is 9.59 Å². The van der Waals surface area contributed by atoms with Crippen LogP contribution in [0.4, 0.5) is 0 Å². The number of nitrogens with zero attached hydrogens (tertiary/aromatic N) is 1. The number of aromatic carboxylic acids is 1. The van der Waals surface area contributed by atoms with E-state index in [2.05, 4.69) is 10.3 Å². The van der Waals surface area contributed by atoms with Crippen molar-refractivity contribution in [3.05, 3.63) is 29.6 Å². The van der Waals surface area contributed by atoms with Crippen LogP contribution in [-0.2, 0) is 4.74 Å². The number of carboxylic acid groups (broad SMARTS) is 1. The van der Waals surface area contributed by atoms with Crippen LogP contribution in [0.1, 0.15) is 40.6 Å². The number of rotatable bonds is 4. The second-order valence-electron chi connectivity index (χ2n) is 4.82. The largest absolute Gasteiger partial charge is 0.477 e. The molecule has 1 atom stereocenters. The molecule has 2 rings (SSSR count). The molecule has 0 aromatic carbocycles. The topological polar surface area (TPSA) is 88.5 Å². The number of carbonyl (C=O) groups is 2. The highest BCUT2D eigenvalue weighted by atomic mass is 16.5. The third kappa shape index (κ3) is 3.29. The fourth-order valence-electron chi connectivity index (χ4n) is 2.03. The van der Waals surface area contributed by atoms with Gasteiger partial charge in [-0.3, -0.25) is 4.79 Å². The van der Waals surface area contributed by atoms with Crippen LogP contribution in [0.5, 0.6) is 0 Å². The number of amides is 1. The van der Waals surface area contributed by atoms with Gasteiger partial charge in [-0.25, -0.2) is 9.78 Å². The molecule has 2 heterocycles. The maximum Gasteiger partial charge on any atom is 0.354 e. The van der Waals surface area contributed by atoms with E-state index >= 15 is 0 Å². The summed E-state index contributed by atoms with van der Waals surface area (Å²) in [6.45, 7) is 3.08. The van der Waals surface area contributed by atoms with Crippen LogP contribution in [0.2, 0.25) is 0 Å². The van der Waals surface area contributed by atoms with E-state index in [-0.39, 0.29) is 22.8 Å². The highest BCUT2D eigenvalue weighted by Crippen LogP contribution is 2.23. The van der Waals surface area contributed by atoms with Crippen LogP contribution in [0.25, 0.3) is 0 Å². The normalized spacial score (nSPS) is 22.2. The molecule has 19 heavy (non-hydrogen) atoms. The summed E-state index contributed by atoms with van der Waals surface area (Å²) in [7, 11) is 0. The summed E-state index contributed by atoms with van der Waals surface area (Å²) in [6.07, 6.45) is 3.21. The maximum absolute atomic E-state index is 11.9. The number of carbonyl (C=O) groups excluding carboxylic acids is 1. The fraction of sp³-hybridized carbons (Fsp3) is 0.462. The zero-order valence-corrected chi connectivity index (χ0v) is 10.7. The molecule has 1 saturated heterocycles. The van der Waals surface area contributed by atoms with Crippen molar-refractivity contribution in [2.45, 2.75) is 25.4 Å². The van der Waals surface area contributed by atoms with Gasteiger partial charge in [-0.2, -0.15) is 0 Å². The monoisotopic (exact) mass is 264 g/mol. The van der Waals surface area contributed by atoms with Gasteiger partial charge in [-0.1, -0.05) is 0 Å². The molecule has 1 aliphatic rings. The van der Waals surface area contributed by atoms with E-state index in [1.54, 1.807) is 0 Å². The van der Waals surface area contributed by atoms with Crippen molar-refractivity contribution in [1.82, 2.24) is 10.3 Å². The summed E-state index contributed by atoms with van der Waals surface area (Å²) in [4.78, 5) is 26.4. The van der Waals surface area contributed by atoms with Gasteiger partial charge in [0.25, 0.3) is 5.91 Å². The Bertz CT molecular complexity index is 495. The van der Waals surface area contributed by atoms with Crippen LogP contribution in [0.3, 0.4) is 0 Å². The molecule has 1 aliphatic heterocycles. The van der Waals surface area contributed by atoms with Crippen LogP contribution in [0, 0.1) is 0 Å². The molecule has 0 spiro atoms. The van der Waals surface area contributed by atoms with Gasteiger partial charge in [-0.15, -0.1) is 0 Å². The van der Waals surface area contributed by atoms with E-state index in [0.29, 0.717) is 13.2 Å². The summed E-state index contributed by atoms with van der Waals surface area (Å²) < 4.78 is 5.57. The molecular weight excluding hydrogens is 248 g/mol. The highest BCUT2D eigenvalue weighted by molar-refractivity contribution is 5.96. The van der Waals surface area contributed by atoms with Crippen LogP contribution in [0.15, 0.2) is 18.3 Å². The Balaban J connectivity index is 1.99. The van der Waals surface area contributed by atoms with Crippen molar-refractivity contribution in [3.63, 3.8) is 0 Å². The lowest BCUT2D eigenvalue weighted by Gasteiger charge is -2.23. The van der Waals surface area contributed by atoms with E-state index in [1.165, 1.54) is 18.3 Å².